The molecule has 1 unspecified atom stereocenters. The van der Waals surface area contributed by atoms with E-state index in [1.54, 1.807) is 10.4 Å². The molecule has 1 aromatic rings. The maximum Gasteiger partial charge on any atom is 0.244 e. The van der Waals surface area contributed by atoms with Gasteiger partial charge in [0.25, 0.3) is 0 Å². The number of nitrogens with one attached hydrogen (secondary N) is 1. The molecule has 0 aliphatic carbocycles. The van der Waals surface area contributed by atoms with Crippen LogP contribution in [-0.4, -0.2) is 56.9 Å². The maximum atomic E-state index is 12.8. The van der Waals surface area contributed by atoms with Crippen molar-refractivity contribution in [1.82, 2.24) is 14.5 Å². The summed E-state index contributed by atoms with van der Waals surface area (Å²) in [5, 5.41) is 4.91. The van der Waals surface area contributed by atoms with E-state index in [9.17, 15) is 8.42 Å². The van der Waals surface area contributed by atoms with Crippen LogP contribution in [0.2, 0.25) is 0 Å². The standard InChI is InChI=1S/C13H21N3O2S2/c1-14-9-12-13(4-8-19-12)20(17,18)16-7-6-15-5-2-3-11(15)10-16/h4,8,11,14H,2-3,5-7,9-10H2,1H3. The van der Waals surface area contributed by atoms with Gasteiger partial charge in [-0.25, -0.2) is 8.42 Å². The minimum Gasteiger partial charge on any atom is -0.315 e. The first-order valence-electron chi connectivity index (χ1n) is 7.08. The summed E-state index contributed by atoms with van der Waals surface area (Å²) >= 11 is 1.51. The predicted molar refractivity (Wildman–Crippen MR) is 80.4 cm³/mol. The zero-order chi connectivity index (χ0) is 14.2. The lowest BCUT2D eigenvalue weighted by atomic mass is 10.2. The van der Waals surface area contributed by atoms with Crippen LogP contribution in [0, 0.1) is 0 Å². The molecule has 1 atom stereocenters. The van der Waals surface area contributed by atoms with E-state index in [2.05, 4.69) is 10.2 Å². The van der Waals surface area contributed by atoms with Gasteiger partial charge in [-0.05, 0) is 37.9 Å². The third-order valence-corrected chi connectivity index (χ3v) is 7.21. The summed E-state index contributed by atoms with van der Waals surface area (Å²) in [7, 11) is -1.49. The molecule has 2 fully saturated rings. The highest BCUT2D eigenvalue weighted by Crippen LogP contribution is 2.29. The van der Waals surface area contributed by atoms with Crippen LogP contribution in [-0.2, 0) is 16.6 Å². The van der Waals surface area contributed by atoms with Gasteiger partial charge >= 0.3 is 0 Å². The molecular weight excluding hydrogens is 294 g/mol. The zero-order valence-corrected chi connectivity index (χ0v) is 13.3. The molecule has 0 bridgehead atoms. The SMILES string of the molecule is CNCc1sccc1S(=O)(=O)N1CCN2CCCC2C1. The number of fused-ring (bicyclic) bond motifs is 1. The first-order chi connectivity index (χ1) is 9.63. The van der Waals surface area contributed by atoms with Crippen LogP contribution >= 0.6 is 11.3 Å². The van der Waals surface area contributed by atoms with E-state index in [1.165, 1.54) is 17.8 Å². The molecule has 2 aliphatic rings. The molecule has 5 nitrogen and oxygen atoms in total. The normalized spacial score (nSPS) is 24.9. The van der Waals surface area contributed by atoms with Gasteiger partial charge in [0, 0.05) is 37.1 Å². The summed E-state index contributed by atoms with van der Waals surface area (Å²) in [6.07, 6.45) is 2.32. The summed E-state index contributed by atoms with van der Waals surface area (Å²) in [5.74, 6) is 0. The average Bonchev–Trinajstić information content (AvgIpc) is 3.06. The highest BCUT2D eigenvalue weighted by atomic mass is 32.2. The monoisotopic (exact) mass is 315 g/mol. The van der Waals surface area contributed by atoms with Crippen LogP contribution in [0.15, 0.2) is 16.3 Å². The smallest absolute Gasteiger partial charge is 0.244 e. The van der Waals surface area contributed by atoms with Crippen molar-refractivity contribution in [2.75, 3.05) is 33.2 Å². The van der Waals surface area contributed by atoms with Crippen LogP contribution in [0.1, 0.15) is 17.7 Å². The molecule has 112 valence electrons. The van der Waals surface area contributed by atoms with Crippen molar-refractivity contribution in [3.05, 3.63) is 16.3 Å². The van der Waals surface area contributed by atoms with Crippen molar-refractivity contribution in [3.8, 4) is 0 Å². The largest absolute Gasteiger partial charge is 0.315 e. The molecule has 0 radical (unpaired) electrons. The minimum atomic E-state index is -3.33. The molecule has 2 aliphatic heterocycles. The Hall–Kier alpha value is -0.470. The summed E-state index contributed by atoms with van der Waals surface area (Å²) < 4.78 is 27.3. The predicted octanol–water partition coefficient (Wildman–Crippen LogP) is 0.936. The maximum absolute atomic E-state index is 12.8. The number of piperazine rings is 1. The molecule has 0 saturated carbocycles. The van der Waals surface area contributed by atoms with Crippen molar-refractivity contribution in [1.29, 1.82) is 0 Å². The fourth-order valence-electron chi connectivity index (χ4n) is 3.17. The van der Waals surface area contributed by atoms with Gasteiger partial charge in [-0.3, -0.25) is 4.90 Å². The lowest BCUT2D eigenvalue weighted by Crippen LogP contribution is -2.51. The highest BCUT2D eigenvalue weighted by Gasteiger charge is 2.37. The van der Waals surface area contributed by atoms with Crippen LogP contribution in [0.25, 0.3) is 0 Å². The summed E-state index contributed by atoms with van der Waals surface area (Å²) in [6, 6.07) is 2.16. The second-order valence-electron chi connectivity index (χ2n) is 5.43. The van der Waals surface area contributed by atoms with Crippen molar-refractivity contribution < 1.29 is 8.42 Å². The first kappa shape index (κ1) is 14.5. The fraction of sp³-hybridized carbons (Fsp3) is 0.692. The van der Waals surface area contributed by atoms with Gasteiger partial charge in [0.15, 0.2) is 0 Å². The van der Waals surface area contributed by atoms with Crippen LogP contribution < -0.4 is 5.32 Å². The second-order valence-corrected chi connectivity index (χ2v) is 8.34. The molecule has 1 N–H and O–H groups in total. The summed E-state index contributed by atoms with van der Waals surface area (Å²) in [4.78, 5) is 3.82. The van der Waals surface area contributed by atoms with E-state index in [1.807, 2.05) is 12.4 Å². The third-order valence-electron chi connectivity index (χ3n) is 4.21. The van der Waals surface area contributed by atoms with Gasteiger partial charge in [0.1, 0.15) is 0 Å². The van der Waals surface area contributed by atoms with Gasteiger partial charge in [-0.1, -0.05) is 0 Å². The van der Waals surface area contributed by atoms with Crippen LogP contribution in [0.3, 0.4) is 0 Å². The van der Waals surface area contributed by atoms with Crippen molar-refractivity contribution in [3.63, 3.8) is 0 Å². The van der Waals surface area contributed by atoms with Crippen molar-refractivity contribution in [2.45, 2.75) is 30.3 Å². The second kappa shape index (κ2) is 5.73. The molecular formula is C13H21N3O2S2. The van der Waals surface area contributed by atoms with E-state index < -0.39 is 10.0 Å². The quantitative estimate of drug-likeness (QED) is 0.898. The van der Waals surface area contributed by atoms with Crippen LogP contribution in [0.4, 0.5) is 0 Å². The van der Waals surface area contributed by atoms with E-state index in [-0.39, 0.29) is 0 Å². The van der Waals surface area contributed by atoms with Gasteiger partial charge < -0.3 is 5.32 Å². The lowest BCUT2D eigenvalue weighted by Gasteiger charge is -2.36. The number of thiophene rings is 1. The average molecular weight is 315 g/mol. The van der Waals surface area contributed by atoms with Gasteiger partial charge in [0.2, 0.25) is 10.0 Å². The van der Waals surface area contributed by atoms with Gasteiger partial charge in [0.05, 0.1) is 4.90 Å². The van der Waals surface area contributed by atoms with Gasteiger partial charge in [-0.2, -0.15) is 4.31 Å². The molecule has 2 saturated heterocycles. The lowest BCUT2D eigenvalue weighted by molar-refractivity contribution is 0.158. The Kier molecular flexibility index (Phi) is 4.14. The molecule has 0 amide bonds. The van der Waals surface area contributed by atoms with E-state index in [0.29, 0.717) is 30.6 Å². The Bertz CT molecular complexity index is 570. The van der Waals surface area contributed by atoms with E-state index in [4.69, 9.17) is 0 Å². The van der Waals surface area contributed by atoms with E-state index in [0.717, 1.165) is 24.4 Å². The number of nitrogens with zero attached hydrogens (tertiary/aromatic N) is 2. The first-order valence-corrected chi connectivity index (χ1v) is 9.40. The Morgan fingerprint density at radius 1 is 1.40 bits per heavy atom. The van der Waals surface area contributed by atoms with E-state index >= 15 is 0 Å². The molecule has 3 heterocycles. The fourth-order valence-corrected chi connectivity index (χ4v) is 6.06. The van der Waals surface area contributed by atoms with Crippen LogP contribution in [0.5, 0.6) is 0 Å². The number of rotatable bonds is 4. The molecule has 7 heteroatoms. The number of hydrogen-bond donors (Lipinski definition) is 1. The minimum absolute atomic E-state index is 0.421. The van der Waals surface area contributed by atoms with Crippen molar-refractivity contribution in [2.24, 2.45) is 0 Å². The molecule has 0 aromatic carbocycles. The number of sulfonamides is 1. The summed E-state index contributed by atoms with van der Waals surface area (Å²) in [6.45, 7) is 3.87. The molecule has 3 rings (SSSR count). The topological polar surface area (TPSA) is 52.7 Å². The Balaban J connectivity index is 1.82. The van der Waals surface area contributed by atoms with Crippen molar-refractivity contribution >= 4 is 21.4 Å². The van der Waals surface area contributed by atoms with Gasteiger partial charge in [-0.15, -0.1) is 11.3 Å². The Morgan fingerprint density at radius 3 is 3.05 bits per heavy atom. The molecule has 20 heavy (non-hydrogen) atoms. The Morgan fingerprint density at radius 2 is 2.25 bits per heavy atom. The Labute approximate surface area is 124 Å². The number of hydrogen-bond acceptors (Lipinski definition) is 5. The third kappa shape index (κ3) is 2.53. The molecule has 1 aromatic heterocycles. The summed E-state index contributed by atoms with van der Waals surface area (Å²) in [5.41, 5.74) is 0. The zero-order valence-electron chi connectivity index (χ0n) is 11.7. The molecule has 0 spiro atoms. The highest BCUT2D eigenvalue weighted by molar-refractivity contribution is 7.89.